The third-order valence-corrected chi connectivity index (χ3v) is 8.71. The molecule has 1 aromatic carbocycles. The smallest absolute Gasteiger partial charge is 0.413 e. The number of anilines is 1. The highest BCUT2D eigenvalue weighted by Crippen LogP contribution is 2.38. The van der Waals surface area contributed by atoms with Gasteiger partial charge in [-0.1, -0.05) is 19.9 Å². The molecule has 0 spiro atoms. The standard InChI is InChI=1S/C29H37N7O13S/c1-13-7-14(2)20(16(8-13)49-28(44)34-15(27(42)43)5-6-19(38)39)29(3,4)9-18(37)35-50(45,46)47-10-17-22(40)23(41)26(48-17)36-12-33-21-24(30)31-11-32-25(21)36/h7-8,11-12,15,17,22-23,26,40-41H,5-6,9-10H2,1-4H3,(H,34,44)(H,35,37)(H,38,39)(H,42,43)(H2,30,31,32)/t15?,17-,22-,23-,26-/m1/s1. The number of imidazole rings is 1. The Bertz CT molecular complexity index is 1900. The second-order valence-electron chi connectivity index (χ2n) is 12.3. The number of nitrogens with one attached hydrogen (secondary N) is 2. The number of aliphatic carboxylic acids is 2. The predicted octanol–water partition coefficient (Wildman–Crippen LogP) is -0.204. The average Bonchev–Trinajstić information content (AvgIpc) is 3.53. The number of aliphatic hydroxyl groups excluding tert-OH is 2. The lowest BCUT2D eigenvalue weighted by atomic mass is 9.78. The largest absolute Gasteiger partial charge is 0.481 e. The number of amides is 2. The van der Waals surface area contributed by atoms with Gasteiger partial charge in [-0.05, 0) is 37.5 Å². The van der Waals surface area contributed by atoms with Gasteiger partial charge in [-0.25, -0.2) is 29.3 Å². The minimum Gasteiger partial charge on any atom is -0.481 e. The van der Waals surface area contributed by atoms with Crippen molar-refractivity contribution in [1.29, 1.82) is 0 Å². The van der Waals surface area contributed by atoms with Crippen molar-refractivity contribution in [2.24, 2.45) is 0 Å². The fraction of sp³-hybridized carbons (Fsp3) is 0.483. The molecule has 1 fully saturated rings. The van der Waals surface area contributed by atoms with Gasteiger partial charge in [-0.2, -0.15) is 8.42 Å². The Morgan fingerprint density at radius 2 is 1.80 bits per heavy atom. The predicted molar refractivity (Wildman–Crippen MR) is 170 cm³/mol. The van der Waals surface area contributed by atoms with Crippen LogP contribution < -0.4 is 20.5 Å². The third-order valence-electron chi connectivity index (χ3n) is 7.79. The van der Waals surface area contributed by atoms with E-state index >= 15 is 0 Å². The van der Waals surface area contributed by atoms with Crippen LogP contribution in [0.5, 0.6) is 5.75 Å². The molecular weight excluding hydrogens is 686 g/mol. The van der Waals surface area contributed by atoms with Crippen molar-refractivity contribution in [1.82, 2.24) is 29.6 Å². The zero-order chi connectivity index (χ0) is 37.1. The summed E-state index contributed by atoms with van der Waals surface area (Å²) in [4.78, 5) is 60.1. The third kappa shape index (κ3) is 8.79. The molecule has 3 aromatic rings. The molecule has 4 rings (SSSR count). The average molecular weight is 724 g/mol. The van der Waals surface area contributed by atoms with Gasteiger partial charge >= 0.3 is 28.3 Å². The fourth-order valence-corrected chi connectivity index (χ4v) is 6.40. The number of rotatable bonds is 14. The van der Waals surface area contributed by atoms with E-state index in [0.717, 1.165) is 0 Å². The van der Waals surface area contributed by atoms with Crippen LogP contribution in [0.3, 0.4) is 0 Å². The molecule has 1 saturated heterocycles. The van der Waals surface area contributed by atoms with Gasteiger partial charge in [-0.3, -0.25) is 18.3 Å². The Hall–Kier alpha value is -4.96. The Labute approximate surface area is 284 Å². The molecule has 0 aliphatic carbocycles. The van der Waals surface area contributed by atoms with Crippen molar-refractivity contribution in [2.75, 3.05) is 12.3 Å². The van der Waals surface area contributed by atoms with Crippen molar-refractivity contribution in [3.05, 3.63) is 41.5 Å². The number of carboxylic acid groups (broad SMARTS) is 2. The maximum absolute atomic E-state index is 13.0. The molecule has 272 valence electrons. The zero-order valence-electron chi connectivity index (χ0n) is 27.3. The first kappa shape index (κ1) is 37.9. The van der Waals surface area contributed by atoms with E-state index in [1.807, 2.05) is 0 Å². The molecular formula is C29H37N7O13S. The number of fused-ring (bicyclic) bond motifs is 1. The van der Waals surface area contributed by atoms with Gasteiger partial charge < -0.3 is 41.0 Å². The first-order valence-corrected chi connectivity index (χ1v) is 16.4. The molecule has 20 nitrogen and oxygen atoms in total. The van der Waals surface area contributed by atoms with Gasteiger partial charge in [0.05, 0.1) is 12.9 Å². The topological polar surface area (TPSA) is 305 Å². The van der Waals surface area contributed by atoms with Gasteiger partial charge in [0.2, 0.25) is 5.91 Å². The van der Waals surface area contributed by atoms with E-state index in [1.165, 1.54) is 23.3 Å². The molecule has 0 saturated carbocycles. The van der Waals surface area contributed by atoms with Crippen molar-refractivity contribution in [3.63, 3.8) is 0 Å². The van der Waals surface area contributed by atoms with Crippen LogP contribution in [0.2, 0.25) is 0 Å². The summed E-state index contributed by atoms with van der Waals surface area (Å²) in [7, 11) is -4.78. The van der Waals surface area contributed by atoms with Gasteiger partial charge in [0.1, 0.15) is 41.9 Å². The van der Waals surface area contributed by atoms with E-state index in [4.69, 9.17) is 24.5 Å². The highest BCUT2D eigenvalue weighted by molar-refractivity contribution is 7.85. The number of benzene rings is 1. The Morgan fingerprint density at radius 1 is 1.10 bits per heavy atom. The quantitative estimate of drug-likeness (QED) is 0.113. The van der Waals surface area contributed by atoms with Crippen LogP contribution in [0.1, 0.15) is 56.0 Å². The van der Waals surface area contributed by atoms with Crippen molar-refractivity contribution >= 4 is 51.2 Å². The summed E-state index contributed by atoms with van der Waals surface area (Å²) in [5.41, 5.74) is 6.54. The number of nitrogens with zero attached hydrogens (tertiary/aromatic N) is 4. The van der Waals surface area contributed by atoms with E-state index in [9.17, 15) is 42.9 Å². The van der Waals surface area contributed by atoms with Gasteiger partial charge in [-0.15, -0.1) is 0 Å². The van der Waals surface area contributed by atoms with Crippen molar-refractivity contribution < 1.29 is 61.7 Å². The Kier molecular flexibility index (Phi) is 11.3. The van der Waals surface area contributed by atoms with E-state index < -0.39 is 96.1 Å². The molecule has 1 aliphatic rings. The summed E-state index contributed by atoms with van der Waals surface area (Å²) in [6, 6.07) is 1.65. The van der Waals surface area contributed by atoms with E-state index in [-0.39, 0.29) is 22.7 Å². The number of hydrogen-bond donors (Lipinski definition) is 7. The fourth-order valence-electron chi connectivity index (χ4n) is 5.68. The summed E-state index contributed by atoms with van der Waals surface area (Å²) in [6.07, 6.45) is -5.93. The molecule has 0 bridgehead atoms. The number of nitrogens with two attached hydrogens (primary N) is 1. The summed E-state index contributed by atoms with van der Waals surface area (Å²) >= 11 is 0. The molecule has 2 aromatic heterocycles. The van der Waals surface area contributed by atoms with Crippen LogP contribution >= 0.6 is 0 Å². The second kappa shape index (κ2) is 14.9. The first-order valence-electron chi connectivity index (χ1n) is 15.0. The number of ether oxygens (including phenoxy) is 2. The van der Waals surface area contributed by atoms with Crippen molar-refractivity contribution in [2.45, 2.75) is 83.0 Å². The minimum absolute atomic E-state index is 0.0421. The minimum atomic E-state index is -4.78. The highest BCUT2D eigenvalue weighted by atomic mass is 32.2. The van der Waals surface area contributed by atoms with Crippen molar-refractivity contribution in [3.8, 4) is 5.75 Å². The molecule has 5 atom stereocenters. The van der Waals surface area contributed by atoms with Crippen LogP contribution in [-0.2, 0) is 39.0 Å². The SMILES string of the molecule is Cc1cc(C)c(C(C)(C)CC(=O)NS(=O)(=O)OC[C@H]2O[C@@H](n3cnc4c(N)ncnc43)[C@H](O)[C@@H]2O)c(OC(=O)NC(CCC(=O)O)C(=O)O)c1. The second-order valence-corrected chi connectivity index (χ2v) is 13.6. The monoisotopic (exact) mass is 723 g/mol. The number of hydrogen-bond acceptors (Lipinski definition) is 15. The molecule has 1 unspecified atom stereocenters. The molecule has 1 aliphatic heterocycles. The van der Waals surface area contributed by atoms with Gasteiger partial charge in [0.25, 0.3) is 0 Å². The molecule has 50 heavy (non-hydrogen) atoms. The summed E-state index contributed by atoms with van der Waals surface area (Å²) in [5.74, 6) is -3.72. The van der Waals surface area contributed by atoms with Crippen LogP contribution in [0, 0.1) is 13.8 Å². The lowest BCUT2D eigenvalue weighted by molar-refractivity contribution is -0.140. The molecule has 3 heterocycles. The molecule has 2 amide bonds. The number of carbonyl (C=O) groups excluding carboxylic acids is 2. The molecule has 8 N–H and O–H groups in total. The Morgan fingerprint density at radius 3 is 2.46 bits per heavy atom. The van der Waals surface area contributed by atoms with E-state index in [0.29, 0.717) is 16.7 Å². The number of carboxylic acids is 2. The zero-order valence-corrected chi connectivity index (χ0v) is 28.1. The summed E-state index contributed by atoms with van der Waals surface area (Å²) in [6.45, 7) is 5.74. The molecule has 0 radical (unpaired) electrons. The molecule has 21 heteroatoms. The lowest BCUT2D eigenvalue weighted by Gasteiger charge is -2.29. The first-order chi connectivity index (χ1) is 23.3. The van der Waals surface area contributed by atoms with Gasteiger partial charge in [0.15, 0.2) is 17.7 Å². The maximum Gasteiger partial charge on any atom is 0.413 e. The lowest BCUT2D eigenvalue weighted by Crippen LogP contribution is -2.43. The van der Waals surface area contributed by atoms with E-state index in [2.05, 4.69) is 20.3 Å². The van der Waals surface area contributed by atoms with Gasteiger partial charge in [0, 0.05) is 23.8 Å². The Balaban J connectivity index is 1.41. The number of aromatic nitrogens is 4. The number of carbonyl (C=O) groups is 4. The summed E-state index contributed by atoms with van der Waals surface area (Å²) in [5, 5.41) is 41.5. The van der Waals surface area contributed by atoms with E-state index in [1.54, 1.807) is 38.5 Å². The number of aryl methyl sites for hydroxylation is 2. The number of nitrogen functional groups attached to an aromatic ring is 1. The summed E-state index contributed by atoms with van der Waals surface area (Å²) < 4.78 is 44.6. The normalized spacial score (nSPS) is 20.0. The maximum atomic E-state index is 13.0. The van der Waals surface area contributed by atoms with Crippen LogP contribution in [0.25, 0.3) is 11.2 Å². The van der Waals surface area contributed by atoms with Crippen LogP contribution in [0.4, 0.5) is 10.6 Å². The van der Waals surface area contributed by atoms with Crippen LogP contribution in [0.15, 0.2) is 24.8 Å². The number of aliphatic hydroxyl groups is 2. The van der Waals surface area contributed by atoms with Crippen LogP contribution in [-0.4, -0.2) is 103 Å². The highest BCUT2D eigenvalue weighted by Gasteiger charge is 2.45.